The van der Waals surface area contributed by atoms with Crippen molar-refractivity contribution in [3.63, 3.8) is 0 Å². The monoisotopic (exact) mass is 271 g/mol. The second-order valence-corrected chi connectivity index (χ2v) is 5.83. The molecule has 0 radical (unpaired) electrons. The summed E-state index contributed by atoms with van der Waals surface area (Å²) < 4.78 is 13.9. The van der Waals surface area contributed by atoms with Crippen LogP contribution in [0.5, 0.6) is 0 Å². The second-order valence-electron chi connectivity index (χ2n) is 4.38. The van der Waals surface area contributed by atoms with Gasteiger partial charge in [0.2, 0.25) is 0 Å². The summed E-state index contributed by atoms with van der Waals surface area (Å²) in [5.74, 6) is -0.174. The number of hydrogen-bond acceptors (Lipinski definition) is 3. The molecule has 0 aliphatic carbocycles. The smallest absolute Gasteiger partial charge is 0.137 e. The number of halogens is 1. The third-order valence-corrected chi connectivity index (χ3v) is 4.13. The van der Waals surface area contributed by atoms with Crippen LogP contribution in [0.3, 0.4) is 0 Å². The summed E-state index contributed by atoms with van der Waals surface area (Å²) >= 11 is 1.50. The van der Waals surface area contributed by atoms with Gasteiger partial charge in [0, 0.05) is 22.8 Å². The zero-order valence-corrected chi connectivity index (χ0v) is 12.1. The highest BCUT2D eigenvalue weighted by Gasteiger charge is 2.16. The Balaban J connectivity index is 2.93. The summed E-state index contributed by atoms with van der Waals surface area (Å²) in [6, 6.07) is 5.34. The van der Waals surface area contributed by atoms with Crippen molar-refractivity contribution >= 4 is 11.8 Å². The lowest BCUT2D eigenvalue weighted by Gasteiger charge is -2.19. The number of nitrogens with one attached hydrogen (secondary N) is 1. The zero-order valence-electron chi connectivity index (χ0n) is 11.2. The highest BCUT2D eigenvalue weighted by molar-refractivity contribution is 8.00. The molecule has 0 aromatic heterocycles. The van der Waals surface area contributed by atoms with Crippen LogP contribution in [0.2, 0.25) is 0 Å². The molecule has 0 fully saturated rings. The minimum Gasteiger partial charge on any atom is -0.396 e. The fraction of sp³-hybridized carbons (Fsp3) is 0.571. The minimum atomic E-state index is -0.174. The molecule has 0 spiro atoms. The van der Waals surface area contributed by atoms with Crippen LogP contribution in [-0.2, 0) is 0 Å². The van der Waals surface area contributed by atoms with Crippen molar-refractivity contribution in [2.75, 3.05) is 13.2 Å². The maximum Gasteiger partial charge on any atom is 0.137 e. The van der Waals surface area contributed by atoms with Crippen molar-refractivity contribution in [3.05, 3.63) is 29.6 Å². The van der Waals surface area contributed by atoms with Crippen molar-refractivity contribution in [2.45, 2.75) is 43.4 Å². The molecule has 2 N–H and O–H groups in total. The van der Waals surface area contributed by atoms with E-state index in [1.807, 2.05) is 26.8 Å². The van der Waals surface area contributed by atoms with Crippen LogP contribution in [0.1, 0.15) is 38.8 Å². The fourth-order valence-corrected chi connectivity index (χ4v) is 3.04. The highest BCUT2D eigenvalue weighted by atomic mass is 32.2. The molecule has 1 aromatic rings. The standard InChI is InChI=1S/C14H22FNOS/c1-4-16-11(3)12-6-5-7-13(15)14(12)18-10(2)8-9-17/h5-7,10-11,16-17H,4,8-9H2,1-3H3. The SMILES string of the molecule is CCNC(C)c1cccc(F)c1SC(C)CCO. The van der Waals surface area contributed by atoms with Crippen molar-refractivity contribution in [3.8, 4) is 0 Å². The quantitative estimate of drug-likeness (QED) is 0.746. The largest absolute Gasteiger partial charge is 0.396 e. The van der Waals surface area contributed by atoms with Gasteiger partial charge in [-0.25, -0.2) is 4.39 Å². The zero-order chi connectivity index (χ0) is 13.5. The lowest BCUT2D eigenvalue weighted by atomic mass is 10.1. The molecule has 2 atom stereocenters. The van der Waals surface area contributed by atoms with Gasteiger partial charge in [-0.05, 0) is 31.5 Å². The van der Waals surface area contributed by atoms with Gasteiger partial charge in [0.15, 0.2) is 0 Å². The molecular weight excluding hydrogens is 249 g/mol. The van der Waals surface area contributed by atoms with Gasteiger partial charge in [-0.15, -0.1) is 11.8 Å². The molecule has 0 saturated heterocycles. The Morgan fingerprint density at radius 2 is 2.11 bits per heavy atom. The van der Waals surface area contributed by atoms with Crippen LogP contribution in [-0.4, -0.2) is 23.5 Å². The van der Waals surface area contributed by atoms with E-state index in [0.29, 0.717) is 11.3 Å². The molecule has 1 aromatic carbocycles. The van der Waals surface area contributed by atoms with E-state index in [9.17, 15) is 4.39 Å². The van der Waals surface area contributed by atoms with Crippen LogP contribution in [0.4, 0.5) is 4.39 Å². The molecular formula is C14H22FNOS. The maximum atomic E-state index is 13.9. The van der Waals surface area contributed by atoms with E-state index in [2.05, 4.69) is 5.32 Å². The van der Waals surface area contributed by atoms with Gasteiger partial charge in [0.1, 0.15) is 5.82 Å². The van der Waals surface area contributed by atoms with Gasteiger partial charge in [-0.1, -0.05) is 26.0 Å². The first-order chi connectivity index (χ1) is 8.60. The molecule has 0 saturated carbocycles. The van der Waals surface area contributed by atoms with E-state index in [1.54, 1.807) is 6.07 Å². The average molecular weight is 271 g/mol. The summed E-state index contributed by atoms with van der Waals surface area (Å²) in [4.78, 5) is 0.701. The third-order valence-electron chi connectivity index (χ3n) is 2.83. The molecule has 0 amide bonds. The lowest BCUT2D eigenvalue weighted by molar-refractivity contribution is 0.289. The predicted octanol–water partition coefficient (Wildman–Crippen LogP) is 3.36. The van der Waals surface area contributed by atoms with Crippen molar-refractivity contribution in [1.82, 2.24) is 5.32 Å². The Morgan fingerprint density at radius 3 is 2.72 bits per heavy atom. The van der Waals surface area contributed by atoms with Gasteiger partial charge in [-0.2, -0.15) is 0 Å². The first kappa shape index (κ1) is 15.5. The third kappa shape index (κ3) is 4.26. The van der Waals surface area contributed by atoms with E-state index in [0.717, 1.165) is 12.1 Å². The molecule has 0 bridgehead atoms. The van der Waals surface area contributed by atoms with Crippen LogP contribution in [0, 0.1) is 5.82 Å². The summed E-state index contributed by atoms with van der Waals surface area (Å²) in [7, 11) is 0. The van der Waals surface area contributed by atoms with Crippen molar-refractivity contribution in [1.29, 1.82) is 0 Å². The summed E-state index contributed by atoms with van der Waals surface area (Å²) in [5, 5.41) is 12.4. The number of hydrogen-bond donors (Lipinski definition) is 2. The normalized spacial score (nSPS) is 14.5. The molecule has 18 heavy (non-hydrogen) atoms. The number of thioether (sulfide) groups is 1. The Kier molecular flexibility index (Phi) is 6.68. The number of benzene rings is 1. The molecule has 0 aliphatic heterocycles. The molecule has 2 nitrogen and oxygen atoms in total. The Bertz CT molecular complexity index is 373. The second kappa shape index (κ2) is 7.77. The molecule has 4 heteroatoms. The minimum absolute atomic E-state index is 0.134. The van der Waals surface area contributed by atoms with Gasteiger partial charge in [-0.3, -0.25) is 0 Å². The molecule has 102 valence electrons. The van der Waals surface area contributed by atoms with Crippen molar-refractivity contribution in [2.24, 2.45) is 0 Å². The Hall–Kier alpha value is -0.580. The Morgan fingerprint density at radius 1 is 1.39 bits per heavy atom. The molecule has 0 aliphatic rings. The van der Waals surface area contributed by atoms with E-state index in [-0.39, 0.29) is 23.7 Å². The summed E-state index contributed by atoms with van der Waals surface area (Å²) in [6.45, 7) is 7.08. The molecule has 2 unspecified atom stereocenters. The number of aliphatic hydroxyl groups excluding tert-OH is 1. The first-order valence-corrected chi connectivity index (χ1v) is 7.27. The van der Waals surface area contributed by atoms with Gasteiger partial charge < -0.3 is 10.4 Å². The van der Waals surface area contributed by atoms with E-state index < -0.39 is 0 Å². The van der Waals surface area contributed by atoms with E-state index in [1.165, 1.54) is 17.8 Å². The topological polar surface area (TPSA) is 32.3 Å². The van der Waals surface area contributed by atoms with Gasteiger partial charge in [0.05, 0.1) is 0 Å². The van der Waals surface area contributed by atoms with E-state index >= 15 is 0 Å². The molecule has 1 rings (SSSR count). The molecule has 0 heterocycles. The predicted molar refractivity (Wildman–Crippen MR) is 75.5 cm³/mol. The summed E-state index contributed by atoms with van der Waals surface area (Å²) in [5.41, 5.74) is 0.992. The fourth-order valence-electron chi connectivity index (χ4n) is 1.85. The van der Waals surface area contributed by atoms with Gasteiger partial charge in [0.25, 0.3) is 0 Å². The maximum absolute atomic E-state index is 13.9. The Labute approximate surface area is 113 Å². The van der Waals surface area contributed by atoms with Crippen molar-refractivity contribution < 1.29 is 9.50 Å². The van der Waals surface area contributed by atoms with Crippen LogP contribution in [0.15, 0.2) is 23.1 Å². The first-order valence-electron chi connectivity index (χ1n) is 6.39. The average Bonchev–Trinajstić information content (AvgIpc) is 2.32. The van der Waals surface area contributed by atoms with Crippen LogP contribution >= 0.6 is 11.8 Å². The van der Waals surface area contributed by atoms with Crippen LogP contribution in [0.25, 0.3) is 0 Å². The van der Waals surface area contributed by atoms with Gasteiger partial charge >= 0.3 is 0 Å². The summed E-state index contributed by atoms with van der Waals surface area (Å²) in [6.07, 6.45) is 0.675. The lowest BCUT2D eigenvalue weighted by Crippen LogP contribution is -2.19. The number of rotatable bonds is 7. The van der Waals surface area contributed by atoms with Crippen LogP contribution < -0.4 is 5.32 Å². The number of aliphatic hydroxyl groups is 1. The van der Waals surface area contributed by atoms with E-state index in [4.69, 9.17) is 5.11 Å². The highest BCUT2D eigenvalue weighted by Crippen LogP contribution is 2.33.